The summed E-state index contributed by atoms with van der Waals surface area (Å²) < 4.78 is 5.75. The van der Waals surface area contributed by atoms with E-state index < -0.39 is 23.4 Å². The van der Waals surface area contributed by atoms with Gasteiger partial charge in [0.15, 0.2) is 6.61 Å². The molecule has 0 saturated heterocycles. The molecule has 2 aromatic rings. The van der Waals surface area contributed by atoms with E-state index in [-0.39, 0.29) is 5.69 Å². The Balaban J connectivity index is 1.79. The van der Waals surface area contributed by atoms with Crippen LogP contribution in [0.2, 0.25) is 0 Å². The number of nitro groups is 1. The van der Waals surface area contributed by atoms with Crippen LogP contribution in [0.4, 0.5) is 11.4 Å². The van der Waals surface area contributed by atoms with Crippen molar-refractivity contribution in [3.8, 4) is 0 Å². The molecule has 0 bridgehead atoms. The lowest BCUT2D eigenvalue weighted by Crippen LogP contribution is -2.20. The molecule has 2 rings (SSSR count). The smallest absolute Gasteiger partial charge is 0.331 e. The lowest BCUT2D eigenvalue weighted by Gasteiger charge is -2.05. The lowest BCUT2D eigenvalue weighted by atomic mass is 10.2. The van der Waals surface area contributed by atoms with Crippen LogP contribution >= 0.6 is 15.9 Å². The van der Waals surface area contributed by atoms with Gasteiger partial charge >= 0.3 is 5.97 Å². The number of amides is 1. The molecule has 7 nitrogen and oxygen atoms in total. The summed E-state index contributed by atoms with van der Waals surface area (Å²) >= 11 is 3.31. The molecule has 0 aliphatic heterocycles. The van der Waals surface area contributed by atoms with Crippen molar-refractivity contribution >= 4 is 45.3 Å². The zero-order valence-corrected chi connectivity index (χ0v) is 14.4. The highest BCUT2D eigenvalue weighted by Crippen LogP contribution is 2.15. The molecule has 0 unspecified atom stereocenters. The minimum atomic E-state index is -0.651. The third-order valence-electron chi connectivity index (χ3n) is 2.99. The van der Waals surface area contributed by atoms with Gasteiger partial charge in [0.05, 0.1) is 4.92 Å². The first-order chi connectivity index (χ1) is 11.9. The van der Waals surface area contributed by atoms with E-state index >= 15 is 0 Å². The van der Waals surface area contributed by atoms with Crippen LogP contribution in [0.3, 0.4) is 0 Å². The maximum atomic E-state index is 11.7. The number of benzene rings is 2. The number of halogens is 1. The van der Waals surface area contributed by atoms with Crippen molar-refractivity contribution in [3.05, 3.63) is 74.8 Å². The predicted molar refractivity (Wildman–Crippen MR) is 95.9 cm³/mol. The van der Waals surface area contributed by atoms with E-state index in [0.717, 1.165) is 10.0 Å². The van der Waals surface area contributed by atoms with E-state index in [2.05, 4.69) is 21.2 Å². The molecule has 0 aliphatic rings. The van der Waals surface area contributed by atoms with Gasteiger partial charge in [0.1, 0.15) is 0 Å². The van der Waals surface area contributed by atoms with Gasteiger partial charge in [-0.05, 0) is 35.9 Å². The Kier molecular flexibility index (Phi) is 6.41. The minimum absolute atomic E-state index is 0.0810. The van der Waals surface area contributed by atoms with Crippen molar-refractivity contribution in [2.24, 2.45) is 0 Å². The molecule has 1 N–H and O–H groups in total. The number of nitrogens with zero attached hydrogens (tertiary/aromatic N) is 1. The quantitative estimate of drug-likeness (QED) is 0.343. The molecule has 1 amide bonds. The van der Waals surface area contributed by atoms with Crippen molar-refractivity contribution in [2.45, 2.75) is 0 Å². The monoisotopic (exact) mass is 404 g/mol. The van der Waals surface area contributed by atoms with Crippen molar-refractivity contribution in [3.63, 3.8) is 0 Å². The number of carbonyl (C=O) groups excluding carboxylic acids is 2. The van der Waals surface area contributed by atoms with Crippen LogP contribution in [0.25, 0.3) is 6.08 Å². The summed E-state index contributed by atoms with van der Waals surface area (Å²) in [7, 11) is 0. The van der Waals surface area contributed by atoms with E-state index in [0.29, 0.717) is 5.69 Å². The fraction of sp³-hybridized carbons (Fsp3) is 0.0588. The number of esters is 1. The molecule has 0 fully saturated rings. The summed E-state index contributed by atoms with van der Waals surface area (Å²) in [6.07, 6.45) is 2.80. The molecule has 8 heteroatoms. The van der Waals surface area contributed by atoms with Crippen molar-refractivity contribution in [1.82, 2.24) is 0 Å². The number of ether oxygens (including phenoxy) is 1. The van der Waals surface area contributed by atoms with Crippen LogP contribution < -0.4 is 5.32 Å². The highest BCUT2D eigenvalue weighted by Gasteiger charge is 2.08. The number of non-ortho nitro benzene ring substituents is 1. The molecule has 0 aromatic heterocycles. The average molecular weight is 405 g/mol. The Morgan fingerprint density at radius 1 is 1.12 bits per heavy atom. The first kappa shape index (κ1) is 18.3. The van der Waals surface area contributed by atoms with Gasteiger partial charge in [-0.2, -0.15) is 0 Å². The second-order valence-electron chi connectivity index (χ2n) is 4.84. The Morgan fingerprint density at radius 3 is 2.36 bits per heavy atom. The van der Waals surface area contributed by atoms with E-state index in [4.69, 9.17) is 4.74 Å². The number of anilines is 1. The van der Waals surface area contributed by atoms with Gasteiger partial charge in [-0.15, -0.1) is 0 Å². The summed E-state index contributed by atoms with van der Waals surface area (Å²) in [6.45, 7) is -0.458. The van der Waals surface area contributed by atoms with Gasteiger partial charge in [0.2, 0.25) is 0 Å². The standard InChI is InChI=1S/C17H13BrN2O5/c18-13-4-1-12(2-5-13)3-10-17(22)25-11-16(21)19-14-6-8-15(9-7-14)20(23)24/h1-10H,11H2,(H,19,21)/b10-3+. The second-order valence-corrected chi connectivity index (χ2v) is 5.76. The molecule has 128 valence electrons. The average Bonchev–Trinajstić information content (AvgIpc) is 2.60. The molecule has 2 aromatic carbocycles. The summed E-state index contributed by atoms with van der Waals surface area (Å²) in [5.41, 5.74) is 1.11. The van der Waals surface area contributed by atoms with Crippen LogP contribution in [-0.4, -0.2) is 23.4 Å². The fourth-order valence-electron chi connectivity index (χ4n) is 1.79. The molecule has 0 spiro atoms. The Morgan fingerprint density at radius 2 is 1.76 bits per heavy atom. The highest BCUT2D eigenvalue weighted by molar-refractivity contribution is 9.10. The lowest BCUT2D eigenvalue weighted by molar-refractivity contribution is -0.384. The largest absolute Gasteiger partial charge is 0.452 e. The molecule has 0 saturated carbocycles. The number of carbonyl (C=O) groups is 2. The molecule has 0 heterocycles. The van der Waals surface area contributed by atoms with Gasteiger partial charge in [-0.25, -0.2) is 4.79 Å². The number of nitro benzene ring substituents is 1. The maximum absolute atomic E-state index is 11.7. The molecule has 0 radical (unpaired) electrons. The normalized spacial score (nSPS) is 10.4. The van der Waals surface area contributed by atoms with Crippen LogP contribution in [0.15, 0.2) is 59.1 Å². The van der Waals surface area contributed by atoms with E-state index in [1.165, 1.54) is 30.3 Å². The zero-order valence-electron chi connectivity index (χ0n) is 12.8. The molecule has 25 heavy (non-hydrogen) atoms. The van der Waals surface area contributed by atoms with E-state index in [9.17, 15) is 19.7 Å². The third-order valence-corrected chi connectivity index (χ3v) is 3.52. The number of hydrogen-bond acceptors (Lipinski definition) is 5. The van der Waals surface area contributed by atoms with Crippen molar-refractivity contribution in [2.75, 3.05) is 11.9 Å². The van der Waals surface area contributed by atoms with Gasteiger partial charge < -0.3 is 10.1 Å². The second kappa shape index (κ2) is 8.74. The van der Waals surface area contributed by atoms with Gasteiger partial charge in [0, 0.05) is 28.4 Å². The summed E-state index contributed by atoms with van der Waals surface area (Å²) in [5.74, 6) is -1.19. The topological polar surface area (TPSA) is 98.5 Å². The van der Waals surface area contributed by atoms with Crippen molar-refractivity contribution < 1.29 is 19.2 Å². The van der Waals surface area contributed by atoms with Crippen molar-refractivity contribution in [1.29, 1.82) is 0 Å². The number of hydrogen-bond donors (Lipinski definition) is 1. The predicted octanol–water partition coefficient (Wildman–Crippen LogP) is 3.55. The number of rotatable bonds is 6. The summed E-state index contributed by atoms with van der Waals surface area (Å²) in [5, 5.41) is 13.0. The fourth-order valence-corrected chi connectivity index (χ4v) is 2.05. The van der Waals surface area contributed by atoms with E-state index in [1.807, 2.05) is 24.3 Å². The SMILES string of the molecule is O=C(COC(=O)/C=C/c1ccc(Br)cc1)Nc1ccc([N+](=O)[O-])cc1. The Bertz CT molecular complexity index is 801. The first-order valence-corrected chi connectivity index (χ1v) is 7.88. The molecular formula is C17H13BrN2O5. The number of nitrogens with one attached hydrogen (secondary N) is 1. The molecular weight excluding hydrogens is 392 g/mol. The third kappa shape index (κ3) is 6.19. The van der Waals surface area contributed by atoms with Gasteiger partial charge in [-0.3, -0.25) is 14.9 Å². The van der Waals surface area contributed by atoms with Crippen LogP contribution in [0.5, 0.6) is 0 Å². The minimum Gasteiger partial charge on any atom is -0.452 e. The van der Waals surface area contributed by atoms with Gasteiger partial charge in [0.25, 0.3) is 11.6 Å². The Hall–Kier alpha value is -3.00. The highest BCUT2D eigenvalue weighted by atomic mass is 79.9. The summed E-state index contributed by atoms with van der Waals surface area (Å²) in [4.78, 5) is 33.3. The zero-order chi connectivity index (χ0) is 18.2. The van der Waals surface area contributed by atoms with E-state index in [1.54, 1.807) is 6.08 Å². The maximum Gasteiger partial charge on any atom is 0.331 e. The first-order valence-electron chi connectivity index (χ1n) is 7.09. The molecule has 0 aliphatic carbocycles. The summed E-state index contributed by atoms with van der Waals surface area (Å²) in [6, 6.07) is 12.6. The van der Waals surface area contributed by atoms with Crippen LogP contribution in [0, 0.1) is 10.1 Å². The van der Waals surface area contributed by atoms with Crippen LogP contribution in [-0.2, 0) is 14.3 Å². The Labute approximate surface area is 151 Å². The van der Waals surface area contributed by atoms with Crippen LogP contribution in [0.1, 0.15) is 5.56 Å². The van der Waals surface area contributed by atoms with Gasteiger partial charge in [-0.1, -0.05) is 28.1 Å². The molecule has 0 atom stereocenters.